The zero-order valence-corrected chi connectivity index (χ0v) is 23.3. The van der Waals surface area contributed by atoms with E-state index in [1.165, 1.54) is 16.7 Å². The molecule has 0 bridgehead atoms. The predicted octanol–water partition coefficient (Wildman–Crippen LogP) is 7.80. The molecule has 0 aliphatic rings. The van der Waals surface area contributed by atoms with Gasteiger partial charge in [0.25, 0.3) is 0 Å². The summed E-state index contributed by atoms with van der Waals surface area (Å²) in [7, 11) is 0. The summed E-state index contributed by atoms with van der Waals surface area (Å²) in [6.45, 7) is 8.82. The van der Waals surface area contributed by atoms with Crippen LogP contribution in [0.1, 0.15) is 67.6 Å². The lowest BCUT2D eigenvalue weighted by atomic mass is 9.73. The van der Waals surface area contributed by atoms with E-state index >= 15 is 0 Å². The molecule has 5 rings (SSSR count). The van der Waals surface area contributed by atoms with Gasteiger partial charge in [-0.15, -0.1) is 0 Å². The van der Waals surface area contributed by atoms with Crippen molar-refractivity contribution in [2.75, 3.05) is 0 Å². The van der Waals surface area contributed by atoms with E-state index in [1.807, 2.05) is 24.4 Å². The molecule has 39 heavy (non-hydrogen) atoms. The number of para-hydroxylation sites is 1. The van der Waals surface area contributed by atoms with Gasteiger partial charge in [0.05, 0.1) is 17.6 Å². The molecule has 198 valence electrons. The van der Waals surface area contributed by atoms with Crippen molar-refractivity contribution in [1.29, 1.82) is 0 Å². The van der Waals surface area contributed by atoms with Crippen LogP contribution in [0.4, 0.5) is 0 Å². The Hall–Kier alpha value is -4.18. The first-order valence-electron chi connectivity index (χ1n) is 13.7. The number of hydrogen-bond acceptors (Lipinski definition) is 3. The first-order valence-corrected chi connectivity index (χ1v) is 13.7. The van der Waals surface area contributed by atoms with Gasteiger partial charge in [-0.25, -0.2) is 0 Å². The van der Waals surface area contributed by atoms with Crippen molar-refractivity contribution in [3.63, 3.8) is 0 Å². The quantitative estimate of drug-likeness (QED) is 0.218. The van der Waals surface area contributed by atoms with Crippen LogP contribution >= 0.6 is 0 Å². The smallest absolute Gasteiger partial charge is 0.119 e. The Labute approximate surface area is 232 Å². The maximum Gasteiger partial charge on any atom is 0.119 e. The van der Waals surface area contributed by atoms with Crippen molar-refractivity contribution in [2.24, 2.45) is 0 Å². The van der Waals surface area contributed by atoms with E-state index in [-0.39, 0.29) is 5.41 Å². The van der Waals surface area contributed by atoms with Crippen molar-refractivity contribution in [3.8, 4) is 11.4 Å². The van der Waals surface area contributed by atoms with E-state index in [9.17, 15) is 5.11 Å². The normalized spacial score (nSPS) is 12.0. The maximum atomic E-state index is 10.7. The number of aromatic nitrogens is 3. The fraction of sp³-hybridized carbons (Fsp3) is 0.257. The topological polar surface area (TPSA) is 50.9 Å². The van der Waals surface area contributed by atoms with Gasteiger partial charge < -0.3 is 5.11 Å². The number of rotatable bonds is 9. The van der Waals surface area contributed by atoms with E-state index in [4.69, 9.17) is 5.10 Å². The van der Waals surface area contributed by atoms with Crippen molar-refractivity contribution in [3.05, 3.63) is 143 Å². The molecule has 0 spiro atoms. The molecule has 1 heterocycles. The molecular formula is C35H37N3O. The summed E-state index contributed by atoms with van der Waals surface area (Å²) < 4.78 is 0. The Morgan fingerprint density at radius 1 is 0.667 bits per heavy atom. The highest BCUT2D eigenvalue weighted by Crippen LogP contribution is 2.40. The molecule has 0 atom stereocenters. The Kier molecular flexibility index (Phi) is 7.38. The van der Waals surface area contributed by atoms with Crippen LogP contribution in [0.15, 0.2) is 109 Å². The highest BCUT2D eigenvalue weighted by molar-refractivity contribution is 5.52. The third-order valence-corrected chi connectivity index (χ3v) is 7.95. The van der Waals surface area contributed by atoms with Crippen LogP contribution < -0.4 is 0 Å². The van der Waals surface area contributed by atoms with Crippen LogP contribution in [0.5, 0.6) is 5.75 Å². The average Bonchev–Trinajstić information content (AvgIpc) is 3.43. The fourth-order valence-electron chi connectivity index (χ4n) is 5.28. The standard InChI is InChI=1S/C35H37N3O/c1-34(2,27-17-9-6-10-18-27)28-22-29(35(3,4)32-20-11-12-21-33(32)39)24-31(23-28)38-36-25-30(37-38)19-13-16-26-14-7-5-8-15-26/h5-12,14-15,17-18,20-25,39H,13,16,19H2,1-4H3. The Balaban J connectivity index is 1.52. The predicted molar refractivity (Wildman–Crippen MR) is 159 cm³/mol. The maximum absolute atomic E-state index is 10.7. The Morgan fingerprint density at radius 3 is 1.97 bits per heavy atom. The molecule has 4 heteroatoms. The molecule has 0 aliphatic carbocycles. The Bertz CT molecular complexity index is 1530. The molecule has 0 unspecified atom stereocenters. The minimum atomic E-state index is -0.436. The molecule has 1 N–H and O–H groups in total. The number of phenols is 1. The van der Waals surface area contributed by atoms with Crippen molar-refractivity contribution in [2.45, 2.75) is 57.8 Å². The fourth-order valence-corrected chi connectivity index (χ4v) is 5.28. The van der Waals surface area contributed by atoms with Gasteiger partial charge in [0, 0.05) is 16.4 Å². The summed E-state index contributed by atoms with van der Waals surface area (Å²) >= 11 is 0. The summed E-state index contributed by atoms with van der Waals surface area (Å²) in [6, 6.07) is 35.4. The van der Waals surface area contributed by atoms with Gasteiger partial charge in [0.15, 0.2) is 0 Å². The molecule has 0 radical (unpaired) electrons. The summed E-state index contributed by atoms with van der Waals surface area (Å²) in [4.78, 5) is 1.76. The lowest BCUT2D eigenvalue weighted by Crippen LogP contribution is -2.24. The van der Waals surface area contributed by atoms with Gasteiger partial charge in [-0.3, -0.25) is 0 Å². The lowest BCUT2D eigenvalue weighted by molar-refractivity contribution is 0.453. The molecule has 4 aromatic carbocycles. The van der Waals surface area contributed by atoms with Crippen molar-refractivity contribution in [1.82, 2.24) is 15.0 Å². The van der Waals surface area contributed by atoms with Crippen LogP contribution in [-0.4, -0.2) is 20.1 Å². The second-order valence-electron chi connectivity index (χ2n) is 11.4. The number of nitrogens with zero attached hydrogens (tertiary/aromatic N) is 3. The minimum Gasteiger partial charge on any atom is -0.508 e. The third kappa shape index (κ3) is 5.65. The van der Waals surface area contributed by atoms with Gasteiger partial charge >= 0.3 is 0 Å². The van der Waals surface area contributed by atoms with E-state index in [2.05, 4.69) is 112 Å². The molecule has 0 aliphatic heterocycles. The van der Waals surface area contributed by atoms with Gasteiger partial charge in [-0.2, -0.15) is 15.0 Å². The molecule has 0 fully saturated rings. The zero-order valence-electron chi connectivity index (χ0n) is 23.3. The summed E-state index contributed by atoms with van der Waals surface area (Å²) in [6.07, 6.45) is 4.80. The number of hydrogen-bond donors (Lipinski definition) is 1. The first kappa shape index (κ1) is 26.4. The molecule has 0 saturated heterocycles. The first-order chi connectivity index (χ1) is 18.7. The van der Waals surface area contributed by atoms with Crippen LogP contribution in [0.2, 0.25) is 0 Å². The average molecular weight is 516 g/mol. The minimum absolute atomic E-state index is 0.244. The second kappa shape index (κ2) is 10.9. The van der Waals surface area contributed by atoms with Crippen LogP contribution in [0, 0.1) is 0 Å². The summed E-state index contributed by atoms with van der Waals surface area (Å²) in [5, 5.41) is 20.3. The van der Waals surface area contributed by atoms with Gasteiger partial charge in [-0.05, 0) is 59.7 Å². The van der Waals surface area contributed by atoms with Crippen molar-refractivity contribution >= 4 is 0 Å². The van der Waals surface area contributed by atoms with E-state index < -0.39 is 5.41 Å². The molecular weight excluding hydrogens is 478 g/mol. The van der Waals surface area contributed by atoms with E-state index in [0.29, 0.717) is 5.75 Å². The SMILES string of the molecule is CC(C)(c1ccccc1)c1cc(-n2ncc(CCCc3ccccc3)n2)cc(C(C)(C)c2ccccc2O)c1. The summed E-state index contributed by atoms with van der Waals surface area (Å²) in [5.41, 5.74) is 6.97. The molecule has 4 nitrogen and oxygen atoms in total. The highest BCUT2D eigenvalue weighted by atomic mass is 16.3. The van der Waals surface area contributed by atoms with Gasteiger partial charge in [-0.1, -0.05) is 113 Å². The third-order valence-electron chi connectivity index (χ3n) is 7.95. The largest absolute Gasteiger partial charge is 0.508 e. The highest BCUT2D eigenvalue weighted by Gasteiger charge is 2.30. The molecule has 1 aromatic heterocycles. The number of phenolic OH excluding ortho intramolecular Hbond substituents is 1. The number of benzene rings is 4. The Morgan fingerprint density at radius 2 is 1.28 bits per heavy atom. The zero-order chi connectivity index (χ0) is 27.5. The van der Waals surface area contributed by atoms with Crippen LogP contribution in [0.3, 0.4) is 0 Å². The lowest BCUT2D eigenvalue weighted by Gasteiger charge is -2.31. The summed E-state index contributed by atoms with van der Waals surface area (Å²) in [5.74, 6) is 0.301. The number of aromatic hydroxyl groups is 1. The molecule has 5 aromatic rings. The van der Waals surface area contributed by atoms with Crippen LogP contribution in [-0.2, 0) is 23.7 Å². The van der Waals surface area contributed by atoms with Crippen LogP contribution in [0.25, 0.3) is 5.69 Å². The van der Waals surface area contributed by atoms with Gasteiger partial charge in [0.1, 0.15) is 5.75 Å². The number of aryl methyl sites for hydroxylation is 2. The second-order valence-corrected chi connectivity index (χ2v) is 11.4. The monoisotopic (exact) mass is 515 g/mol. The van der Waals surface area contributed by atoms with E-state index in [1.54, 1.807) is 10.9 Å². The molecule has 0 saturated carbocycles. The molecule has 0 amide bonds. The van der Waals surface area contributed by atoms with Gasteiger partial charge in [0.2, 0.25) is 0 Å². The van der Waals surface area contributed by atoms with E-state index in [0.717, 1.165) is 41.8 Å². The van der Waals surface area contributed by atoms with Crippen molar-refractivity contribution < 1.29 is 5.11 Å².